The summed E-state index contributed by atoms with van der Waals surface area (Å²) in [7, 11) is 0. The minimum absolute atomic E-state index is 0.0366. The third kappa shape index (κ3) is 5.79. The first-order valence-electron chi connectivity index (χ1n) is 6.81. The van der Waals surface area contributed by atoms with Crippen LogP contribution in [0.25, 0.3) is 5.76 Å². The van der Waals surface area contributed by atoms with Gasteiger partial charge in [0.15, 0.2) is 11.6 Å². The van der Waals surface area contributed by atoms with E-state index in [2.05, 4.69) is 13.2 Å². The Morgan fingerprint density at radius 2 is 1.76 bits per heavy atom. The summed E-state index contributed by atoms with van der Waals surface area (Å²) in [5, 5.41) is 10.9. The second-order valence-corrected chi connectivity index (χ2v) is 5.55. The number of rotatable bonds is 4. The summed E-state index contributed by atoms with van der Waals surface area (Å²) in [5.41, 5.74) is 0.413. The molecule has 1 aliphatic rings. The van der Waals surface area contributed by atoms with Gasteiger partial charge in [-0.2, -0.15) is 0 Å². The van der Waals surface area contributed by atoms with Crippen LogP contribution in [0.3, 0.4) is 0 Å². The zero-order valence-corrected chi connectivity index (χ0v) is 14.5. The average Bonchev–Trinajstić information content (AvgIpc) is 2.58. The molecule has 0 radical (unpaired) electrons. The van der Waals surface area contributed by atoms with E-state index in [-0.39, 0.29) is 13.0 Å². The van der Waals surface area contributed by atoms with Crippen molar-refractivity contribution in [2.75, 3.05) is 18.4 Å². The molecule has 0 aliphatic carbocycles. The molecule has 0 saturated heterocycles. The normalized spacial score (nSPS) is 13.7. The van der Waals surface area contributed by atoms with E-state index in [0.29, 0.717) is 29.5 Å². The van der Waals surface area contributed by atoms with Crippen molar-refractivity contribution in [2.24, 2.45) is 0 Å². The van der Waals surface area contributed by atoms with Crippen LogP contribution in [-0.2, 0) is 4.74 Å². The molecule has 1 aliphatic heterocycles. The van der Waals surface area contributed by atoms with E-state index in [0.717, 1.165) is 5.57 Å². The molecule has 0 atom stereocenters. The monoisotopic (exact) mass is 395 g/mol. The maximum absolute atomic E-state index is 13.6. The van der Waals surface area contributed by atoms with Gasteiger partial charge in [-0.05, 0) is 17.2 Å². The molecule has 25 heavy (non-hydrogen) atoms. The molecule has 0 amide bonds. The lowest BCUT2D eigenvalue weighted by molar-refractivity contribution is -0.428. The Morgan fingerprint density at radius 3 is 2.24 bits per heavy atom. The van der Waals surface area contributed by atoms with Crippen molar-refractivity contribution in [2.45, 2.75) is 6.42 Å². The average molecular weight is 396 g/mol. The van der Waals surface area contributed by atoms with Crippen molar-refractivity contribution in [1.82, 2.24) is 0 Å². The lowest BCUT2D eigenvalue weighted by Crippen LogP contribution is -2.15. The molecule has 4 nitrogen and oxygen atoms in total. The number of allylic oxidation sites excluding steroid dienone is 2. The number of hydrogen-bond donors (Lipinski definition) is 0. The van der Waals surface area contributed by atoms with Gasteiger partial charge in [0.05, 0.1) is 16.9 Å². The predicted molar refractivity (Wildman–Crippen MR) is 90.5 cm³/mol. The van der Waals surface area contributed by atoms with Gasteiger partial charge in [-0.3, -0.25) is 10.1 Å². The van der Waals surface area contributed by atoms with E-state index < -0.39 is 39.4 Å². The van der Waals surface area contributed by atoms with Gasteiger partial charge in [-0.1, -0.05) is 13.2 Å². The summed E-state index contributed by atoms with van der Waals surface area (Å²) in [6, 6.07) is 0.861. The molecule has 1 aromatic rings. The smallest absolute Gasteiger partial charge is 0.292 e. The highest BCUT2D eigenvalue weighted by Crippen LogP contribution is 2.32. The molecule has 0 spiro atoms. The van der Waals surface area contributed by atoms with Crippen LogP contribution in [0.4, 0.5) is 13.2 Å². The molecular formula is C16H14Cl2F3NO3. The van der Waals surface area contributed by atoms with Crippen molar-refractivity contribution in [3.05, 3.63) is 75.3 Å². The Kier molecular flexibility index (Phi) is 7.99. The van der Waals surface area contributed by atoms with Gasteiger partial charge >= 0.3 is 0 Å². The van der Waals surface area contributed by atoms with Crippen molar-refractivity contribution >= 4 is 29.0 Å². The fourth-order valence-electron chi connectivity index (χ4n) is 1.74. The Balaban J connectivity index is 0.000000450. The van der Waals surface area contributed by atoms with Crippen LogP contribution in [0.5, 0.6) is 0 Å². The van der Waals surface area contributed by atoms with Gasteiger partial charge < -0.3 is 4.74 Å². The van der Waals surface area contributed by atoms with E-state index in [1.807, 2.05) is 0 Å². The first-order chi connectivity index (χ1) is 11.7. The van der Waals surface area contributed by atoms with Crippen LogP contribution in [0.2, 0.25) is 0 Å². The Bertz CT molecular complexity index is 730. The lowest BCUT2D eigenvalue weighted by atomic mass is 10.0. The van der Waals surface area contributed by atoms with Crippen molar-refractivity contribution in [1.29, 1.82) is 0 Å². The molecule has 0 saturated carbocycles. The first-order valence-corrected chi connectivity index (χ1v) is 7.88. The number of halogens is 5. The second kappa shape index (κ2) is 9.48. The minimum atomic E-state index is -1.37. The summed E-state index contributed by atoms with van der Waals surface area (Å²) < 4.78 is 44.6. The molecule has 1 heterocycles. The third-order valence-electron chi connectivity index (χ3n) is 2.95. The van der Waals surface area contributed by atoms with Crippen molar-refractivity contribution < 1.29 is 22.8 Å². The number of ether oxygens (including phenoxy) is 1. The predicted octanol–water partition coefficient (Wildman–Crippen LogP) is 5.05. The van der Waals surface area contributed by atoms with Crippen LogP contribution < -0.4 is 0 Å². The summed E-state index contributed by atoms with van der Waals surface area (Å²) >= 11 is 10.5. The maximum Gasteiger partial charge on any atom is 0.292 e. The summed E-state index contributed by atoms with van der Waals surface area (Å²) in [4.78, 5) is 10.1. The number of benzene rings is 1. The number of alkyl halides is 2. The van der Waals surface area contributed by atoms with Crippen LogP contribution in [0.1, 0.15) is 12.0 Å². The van der Waals surface area contributed by atoms with Crippen LogP contribution in [0, 0.1) is 27.6 Å². The largest absolute Gasteiger partial charge is 0.482 e. The maximum atomic E-state index is 13.6. The van der Waals surface area contributed by atoms with Crippen molar-refractivity contribution in [3.8, 4) is 0 Å². The molecular weight excluding hydrogens is 382 g/mol. The SMILES string of the molecule is C=C(CCl)CCl.C=C1COC(c2cc(F)c(F)cc2F)=C([N+](=O)[O-])C1. The zero-order chi connectivity index (χ0) is 19.1. The van der Waals surface area contributed by atoms with Gasteiger partial charge in [0, 0.05) is 17.8 Å². The third-order valence-corrected chi connectivity index (χ3v) is 3.71. The van der Waals surface area contributed by atoms with Gasteiger partial charge in [0.1, 0.15) is 12.4 Å². The Hall–Kier alpha value is -1.99. The highest BCUT2D eigenvalue weighted by Gasteiger charge is 2.29. The summed E-state index contributed by atoms with van der Waals surface area (Å²) in [6.45, 7) is 7.03. The molecule has 0 fully saturated rings. The van der Waals surface area contributed by atoms with Crippen LogP contribution in [-0.4, -0.2) is 23.3 Å². The molecule has 9 heteroatoms. The highest BCUT2D eigenvalue weighted by molar-refractivity contribution is 6.23. The van der Waals surface area contributed by atoms with Crippen LogP contribution >= 0.6 is 23.2 Å². The number of hydrogen-bond acceptors (Lipinski definition) is 3. The van der Waals surface area contributed by atoms with Gasteiger partial charge in [-0.25, -0.2) is 13.2 Å². The highest BCUT2D eigenvalue weighted by atomic mass is 35.5. The van der Waals surface area contributed by atoms with Gasteiger partial charge in [0.25, 0.3) is 5.70 Å². The van der Waals surface area contributed by atoms with Crippen LogP contribution in [0.15, 0.2) is 42.1 Å². The zero-order valence-electron chi connectivity index (χ0n) is 13.0. The molecule has 2 rings (SSSR count). The number of nitrogens with zero attached hydrogens (tertiary/aromatic N) is 1. The van der Waals surface area contributed by atoms with E-state index in [4.69, 9.17) is 27.9 Å². The molecule has 0 N–H and O–H groups in total. The van der Waals surface area contributed by atoms with E-state index >= 15 is 0 Å². The van der Waals surface area contributed by atoms with E-state index in [1.54, 1.807) is 0 Å². The topological polar surface area (TPSA) is 52.4 Å². The van der Waals surface area contributed by atoms with E-state index in [1.165, 1.54) is 0 Å². The fraction of sp³-hybridized carbons (Fsp3) is 0.250. The molecule has 0 aromatic heterocycles. The van der Waals surface area contributed by atoms with Crippen molar-refractivity contribution in [3.63, 3.8) is 0 Å². The molecule has 1 aromatic carbocycles. The summed E-state index contributed by atoms with van der Waals surface area (Å²) in [5.74, 6) is -3.24. The number of nitro groups is 1. The van der Waals surface area contributed by atoms with Gasteiger partial charge in [-0.15, -0.1) is 23.2 Å². The quantitative estimate of drug-likeness (QED) is 0.235. The lowest BCUT2D eigenvalue weighted by Gasteiger charge is -2.18. The minimum Gasteiger partial charge on any atom is -0.482 e. The summed E-state index contributed by atoms with van der Waals surface area (Å²) in [6.07, 6.45) is -0.110. The molecule has 0 bridgehead atoms. The fourth-order valence-corrected chi connectivity index (χ4v) is 2.02. The first kappa shape index (κ1) is 21.1. The van der Waals surface area contributed by atoms with Gasteiger partial charge in [0.2, 0.25) is 5.76 Å². The second-order valence-electron chi connectivity index (χ2n) is 5.01. The Morgan fingerprint density at radius 1 is 1.20 bits per heavy atom. The molecule has 136 valence electrons. The van der Waals surface area contributed by atoms with E-state index in [9.17, 15) is 23.3 Å². The molecule has 0 unspecified atom stereocenters. The Labute approximate surface area is 152 Å². The standard InChI is InChI=1S/C12H8F3NO3.C4H6Cl2/c1-6-2-11(16(17)18)12(19-5-6)7-3-9(14)10(15)4-8(7)13;1-4(2-5)3-6/h3-4H,1-2,5H2;1-3H2.